The summed E-state index contributed by atoms with van der Waals surface area (Å²) in [7, 11) is 0. The van der Waals surface area contributed by atoms with Crippen molar-refractivity contribution in [2.45, 2.75) is 39.5 Å². The third kappa shape index (κ3) is 5.47. The lowest BCUT2D eigenvalue weighted by molar-refractivity contribution is -0.122. The van der Waals surface area contributed by atoms with Gasteiger partial charge in [0.25, 0.3) is 0 Å². The molecule has 0 radical (unpaired) electrons. The van der Waals surface area contributed by atoms with Gasteiger partial charge >= 0.3 is 5.97 Å². The molecule has 1 aromatic heterocycles. The summed E-state index contributed by atoms with van der Waals surface area (Å²) in [6.07, 6.45) is -0.207. The fourth-order valence-electron chi connectivity index (χ4n) is 2.73. The number of carbonyl (C=O) groups is 2. The molecule has 1 atom stereocenters. The highest BCUT2D eigenvalue weighted by Crippen LogP contribution is 2.17. The van der Waals surface area contributed by atoms with E-state index >= 15 is 0 Å². The molecule has 0 aliphatic heterocycles. The average molecular weight is 393 g/mol. The average Bonchev–Trinajstić information content (AvgIpc) is 3.16. The van der Waals surface area contributed by atoms with Crippen molar-refractivity contribution in [3.05, 3.63) is 65.7 Å². The van der Waals surface area contributed by atoms with Gasteiger partial charge in [0.05, 0.1) is 17.7 Å². The standard InChI is InChI=1S/C21H23N5O3/c1-14(2)29-21(28)18-11-7-10-17(12-18)20-23-25-26(24-20)13-19(27)22-15(3)16-8-5-4-6-9-16/h4-12,14-15H,13H2,1-3H3,(H,22,27)/t15-/m0/s1. The first kappa shape index (κ1) is 20.2. The molecule has 8 nitrogen and oxygen atoms in total. The number of tetrazole rings is 1. The van der Waals surface area contributed by atoms with Gasteiger partial charge in [-0.15, -0.1) is 10.2 Å². The molecular weight excluding hydrogens is 370 g/mol. The molecule has 3 aromatic rings. The van der Waals surface area contributed by atoms with Crippen LogP contribution in [0, 0.1) is 0 Å². The van der Waals surface area contributed by atoms with Crippen molar-refractivity contribution >= 4 is 11.9 Å². The Kier molecular flexibility index (Phi) is 6.33. The molecule has 3 rings (SSSR count). The fourth-order valence-corrected chi connectivity index (χ4v) is 2.73. The summed E-state index contributed by atoms with van der Waals surface area (Å²) in [5.74, 6) is -0.309. The van der Waals surface area contributed by atoms with Gasteiger partial charge in [0, 0.05) is 5.56 Å². The van der Waals surface area contributed by atoms with Crippen molar-refractivity contribution in [3.8, 4) is 11.4 Å². The second-order valence-corrected chi connectivity index (χ2v) is 6.88. The summed E-state index contributed by atoms with van der Waals surface area (Å²) >= 11 is 0. The lowest BCUT2D eigenvalue weighted by Crippen LogP contribution is -2.30. The van der Waals surface area contributed by atoms with Gasteiger partial charge in [0.15, 0.2) is 0 Å². The predicted octanol–water partition coefficient (Wildman–Crippen LogP) is 2.78. The maximum absolute atomic E-state index is 12.3. The Morgan fingerprint density at radius 2 is 1.83 bits per heavy atom. The van der Waals surface area contributed by atoms with E-state index in [9.17, 15) is 9.59 Å². The van der Waals surface area contributed by atoms with E-state index in [-0.39, 0.29) is 24.6 Å². The second kappa shape index (κ2) is 9.09. The van der Waals surface area contributed by atoms with Crippen molar-refractivity contribution in [1.29, 1.82) is 0 Å². The van der Waals surface area contributed by atoms with Crippen LogP contribution in [0.5, 0.6) is 0 Å². The SMILES string of the molecule is CC(C)OC(=O)c1cccc(-c2nnn(CC(=O)N[C@@H](C)c3ccccc3)n2)c1. The van der Waals surface area contributed by atoms with Crippen LogP contribution >= 0.6 is 0 Å². The monoisotopic (exact) mass is 393 g/mol. The van der Waals surface area contributed by atoms with Gasteiger partial charge in [0.1, 0.15) is 6.54 Å². The number of hydrogen-bond donors (Lipinski definition) is 1. The van der Waals surface area contributed by atoms with E-state index in [1.165, 1.54) is 4.80 Å². The van der Waals surface area contributed by atoms with E-state index in [1.54, 1.807) is 38.1 Å². The third-order valence-corrected chi connectivity index (χ3v) is 4.11. The first-order valence-electron chi connectivity index (χ1n) is 9.36. The molecule has 0 fully saturated rings. The molecule has 2 aromatic carbocycles. The van der Waals surface area contributed by atoms with E-state index in [1.807, 2.05) is 37.3 Å². The quantitative estimate of drug-likeness (QED) is 0.620. The number of carbonyl (C=O) groups excluding carboxylic acids is 2. The molecule has 0 aliphatic rings. The summed E-state index contributed by atoms with van der Waals surface area (Å²) in [6, 6.07) is 16.4. The van der Waals surface area contributed by atoms with Crippen molar-refractivity contribution in [2.75, 3.05) is 0 Å². The summed E-state index contributed by atoms with van der Waals surface area (Å²) < 4.78 is 5.20. The van der Waals surface area contributed by atoms with Crippen LogP contribution in [0.3, 0.4) is 0 Å². The molecule has 1 amide bonds. The van der Waals surface area contributed by atoms with Gasteiger partial charge in [-0.25, -0.2) is 4.79 Å². The van der Waals surface area contributed by atoms with E-state index in [0.717, 1.165) is 5.56 Å². The Bertz CT molecular complexity index is 985. The molecule has 0 bridgehead atoms. The van der Waals surface area contributed by atoms with E-state index in [4.69, 9.17) is 4.74 Å². The molecule has 8 heteroatoms. The van der Waals surface area contributed by atoms with Crippen LogP contribution in [0.4, 0.5) is 0 Å². The molecule has 1 N–H and O–H groups in total. The number of hydrogen-bond acceptors (Lipinski definition) is 6. The number of aromatic nitrogens is 4. The van der Waals surface area contributed by atoms with Gasteiger partial charge in [-0.1, -0.05) is 42.5 Å². The van der Waals surface area contributed by atoms with Crippen LogP contribution in [0.15, 0.2) is 54.6 Å². The minimum atomic E-state index is -0.413. The van der Waals surface area contributed by atoms with Gasteiger partial charge in [-0.05, 0) is 43.7 Å². The van der Waals surface area contributed by atoms with Gasteiger partial charge in [-0.2, -0.15) is 4.80 Å². The zero-order valence-electron chi connectivity index (χ0n) is 16.6. The number of ether oxygens (including phenoxy) is 1. The van der Waals surface area contributed by atoms with Crippen molar-refractivity contribution < 1.29 is 14.3 Å². The molecule has 0 saturated carbocycles. The molecule has 0 aliphatic carbocycles. The highest BCUT2D eigenvalue weighted by molar-refractivity contribution is 5.90. The van der Waals surface area contributed by atoms with Crippen LogP contribution in [-0.4, -0.2) is 38.2 Å². The second-order valence-electron chi connectivity index (χ2n) is 6.88. The number of amides is 1. The van der Waals surface area contributed by atoms with Crippen molar-refractivity contribution in [1.82, 2.24) is 25.5 Å². The van der Waals surface area contributed by atoms with Gasteiger partial charge in [-0.3, -0.25) is 4.79 Å². The van der Waals surface area contributed by atoms with E-state index < -0.39 is 5.97 Å². The number of esters is 1. The molecule has 0 spiro atoms. The summed E-state index contributed by atoms with van der Waals surface area (Å²) in [5, 5.41) is 15.1. The summed E-state index contributed by atoms with van der Waals surface area (Å²) in [6.45, 7) is 5.44. The maximum atomic E-state index is 12.3. The minimum absolute atomic E-state index is 0.0563. The first-order chi connectivity index (χ1) is 13.9. The van der Waals surface area contributed by atoms with Crippen LogP contribution in [0.1, 0.15) is 42.7 Å². The van der Waals surface area contributed by atoms with Crippen molar-refractivity contribution in [3.63, 3.8) is 0 Å². The number of rotatable bonds is 7. The van der Waals surface area contributed by atoms with Crippen LogP contribution in [-0.2, 0) is 16.1 Å². The van der Waals surface area contributed by atoms with Crippen LogP contribution < -0.4 is 5.32 Å². The molecule has 0 unspecified atom stereocenters. The number of nitrogens with zero attached hydrogens (tertiary/aromatic N) is 4. The predicted molar refractivity (Wildman–Crippen MR) is 107 cm³/mol. The lowest BCUT2D eigenvalue weighted by atomic mass is 10.1. The molecule has 150 valence electrons. The van der Waals surface area contributed by atoms with Crippen LogP contribution in [0.2, 0.25) is 0 Å². The Hall–Kier alpha value is -3.55. The molecule has 29 heavy (non-hydrogen) atoms. The van der Waals surface area contributed by atoms with Gasteiger partial charge in [0.2, 0.25) is 11.7 Å². The van der Waals surface area contributed by atoms with Crippen LogP contribution in [0.25, 0.3) is 11.4 Å². The Morgan fingerprint density at radius 3 is 2.55 bits per heavy atom. The Balaban J connectivity index is 1.65. The normalized spacial score (nSPS) is 11.9. The fraction of sp³-hybridized carbons (Fsp3) is 0.286. The summed E-state index contributed by atoms with van der Waals surface area (Å²) in [4.78, 5) is 25.6. The Labute approximate surface area is 168 Å². The molecule has 1 heterocycles. The smallest absolute Gasteiger partial charge is 0.338 e. The molecular formula is C21H23N5O3. The van der Waals surface area contributed by atoms with Gasteiger partial charge < -0.3 is 10.1 Å². The Morgan fingerprint density at radius 1 is 1.07 bits per heavy atom. The largest absolute Gasteiger partial charge is 0.459 e. The highest BCUT2D eigenvalue weighted by Gasteiger charge is 2.15. The molecule has 0 saturated heterocycles. The third-order valence-electron chi connectivity index (χ3n) is 4.11. The minimum Gasteiger partial charge on any atom is -0.459 e. The summed E-state index contributed by atoms with van der Waals surface area (Å²) in [5.41, 5.74) is 2.03. The van der Waals surface area contributed by atoms with Crippen molar-refractivity contribution in [2.24, 2.45) is 0 Å². The highest BCUT2D eigenvalue weighted by atomic mass is 16.5. The number of nitrogens with one attached hydrogen (secondary N) is 1. The van der Waals surface area contributed by atoms with E-state index in [2.05, 4.69) is 20.7 Å². The lowest BCUT2D eigenvalue weighted by Gasteiger charge is -2.13. The maximum Gasteiger partial charge on any atom is 0.338 e. The first-order valence-corrected chi connectivity index (χ1v) is 9.36. The number of benzene rings is 2. The van der Waals surface area contributed by atoms with E-state index in [0.29, 0.717) is 17.0 Å². The zero-order valence-corrected chi connectivity index (χ0v) is 16.6. The topological polar surface area (TPSA) is 99.0 Å². The zero-order chi connectivity index (χ0) is 20.8.